The van der Waals surface area contributed by atoms with Gasteiger partial charge in [0.25, 0.3) is 0 Å². The topological polar surface area (TPSA) is 107 Å². The lowest BCUT2D eigenvalue weighted by molar-refractivity contribution is -0.258. The Kier molecular flexibility index (Phi) is 13.8. The lowest BCUT2D eigenvalue weighted by Gasteiger charge is -2.00. The van der Waals surface area contributed by atoms with Gasteiger partial charge in [-0.05, 0) is 6.92 Å². The predicted molar refractivity (Wildman–Crippen MR) is 53.3 cm³/mol. The van der Waals surface area contributed by atoms with E-state index in [1.807, 2.05) is 6.92 Å². The number of aliphatic hydroxyl groups excluding tert-OH is 2. The Morgan fingerprint density at radius 3 is 2.33 bits per heavy atom. The Morgan fingerprint density at radius 2 is 2.07 bits per heavy atom. The Morgan fingerprint density at radius 1 is 1.47 bits per heavy atom. The molecule has 0 rings (SSSR count). The van der Waals surface area contributed by atoms with Crippen molar-refractivity contribution in [3.8, 4) is 0 Å². The predicted octanol–water partition coefficient (Wildman–Crippen LogP) is 0.0325. The minimum atomic E-state index is -0.968. The highest BCUT2D eigenvalue weighted by atomic mass is 17.1. The molecule has 6 nitrogen and oxygen atoms in total. The SMILES string of the molecule is C/C=C/C=C/C(=O)O.OCC(O)COO. The molecule has 0 radical (unpaired) electrons. The summed E-state index contributed by atoms with van der Waals surface area (Å²) in [6.45, 7) is 1.20. The van der Waals surface area contributed by atoms with Crippen molar-refractivity contribution in [3.63, 3.8) is 0 Å². The van der Waals surface area contributed by atoms with Crippen molar-refractivity contribution >= 4 is 5.97 Å². The zero-order valence-electron chi connectivity index (χ0n) is 8.41. The summed E-state index contributed by atoms with van der Waals surface area (Å²) >= 11 is 0. The van der Waals surface area contributed by atoms with Gasteiger partial charge in [0.2, 0.25) is 0 Å². The maximum Gasteiger partial charge on any atom is 0.328 e. The highest BCUT2D eigenvalue weighted by Gasteiger charge is 1.98. The van der Waals surface area contributed by atoms with Crippen molar-refractivity contribution < 1.29 is 30.3 Å². The largest absolute Gasteiger partial charge is 0.478 e. The van der Waals surface area contributed by atoms with Crippen LogP contribution < -0.4 is 0 Å². The monoisotopic (exact) mass is 220 g/mol. The van der Waals surface area contributed by atoms with Crippen molar-refractivity contribution in [2.45, 2.75) is 13.0 Å². The summed E-state index contributed by atoms with van der Waals surface area (Å²) in [6.07, 6.45) is 5.01. The minimum Gasteiger partial charge on any atom is -0.478 e. The van der Waals surface area contributed by atoms with Gasteiger partial charge in [0.05, 0.1) is 6.61 Å². The van der Waals surface area contributed by atoms with E-state index in [9.17, 15) is 4.79 Å². The van der Waals surface area contributed by atoms with Crippen LogP contribution in [0.4, 0.5) is 0 Å². The van der Waals surface area contributed by atoms with Crippen LogP contribution in [-0.4, -0.2) is 45.9 Å². The molecule has 1 unspecified atom stereocenters. The number of carboxylic acids is 1. The van der Waals surface area contributed by atoms with E-state index in [1.165, 1.54) is 6.08 Å². The third-order valence-electron chi connectivity index (χ3n) is 1.02. The van der Waals surface area contributed by atoms with Crippen molar-refractivity contribution in [3.05, 3.63) is 24.3 Å². The number of carboxylic acid groups (broad SMARTS) is 1. The van der Waals surface area contributed by atoms with Gasteiger partial charge in [0.1, 0.15) is 12.7 Å². The summed E-state index contributed by atoms with van der Waals surface area (Å²) < 4.78 is 0. The Balaban J connectivity index is 0. The molecule has 88 valence electrons. The second-order valence-electron chi connectivity index (χ2n) is 2.36. The maximum absolute atomic E-state index is 9.75. The Hall–Kier alpha value is -1.21. The molecule has 0 amide bonds. The zero-order valence-corrected chi connectivity index (χ0v) is 8.41. The van der Waals surface area contributed by atoms with Crippen molar-refractivity contribution in [1.29, 1.82) is 0 Å². The van der Waals surface area contributed by atoms with E-state index in [0.717, 1.165) is 6.08 Å². The average Bonchev–Trinajstić information content (AvgIpc) is 2.19. The number of aliphatic carboxylic acids is 1. The van der Waals surface area contributed by atoms with Gasteiger partial charge in [-0.15, -0.1) is 0 Å². The third-order valence-corrected chi connectivity index (χ3v) is 1.02. The van der Waals surface area contributed by atoms with Gasteiger partial charge in [-0.3, -0.25) is 5.26 Å². The van der Waals surface area contributed by atoms with Crippen LogP contribution in [0, 0.1) is 0 Å². The van der Waals surface area contributed by atoms with E-state index < -0.39 is 12.1 Å². The molecule has 0 aliphatic heterocycles. The molecule has 0 aromatic rings. The average molecular weight is 220 g/mol. The number of hydrogen-bond acceptors (Lipinski definition) is 5. The first-order valence-electron chi connectivity index (χ1n) is 4.16. The molecule has 0 spiro atoms. The van der Waals surface area contributed by atoms with Crippen molar-refractivity contribution in [2.75, 3.05) is 13.2 Å². The molecular formula is C9H16O6. The Bertz CT molecular complexity index is 199. The van der Waals surface area contributed by atoms with Crippen LogP contribution in [-0.2, 0) is 9.68 Å². The van der Waals surface area contributed by atoms with Gasteiger partial charge in [0, 0.05) is 6.08 Å². The van der Waals surface area contributed by atoms with Gasteiger partial charge in [-0.25, -0.2) is 9.68 Å². The van der Waals surface area contributed by atoms with Crippen LogP contribution in [0.25, 0.3) is 0 Å². The summed E-state index contributed by atoms with van der Waals surface area (Å²) in [6, 6.07) is 0. The first-order chi connectivity index (χ1) is 7.08. The summed E-state index contributed by atoms with van der Waals surface area (Å²) in [5.41, 5.74) is 0. The minimum absolute atomic E-state index is 0.240. The first kappa shape index (κ1) is 16.2. The fourth-order valence-corrected chi connectivity index (χ4v) is 0.388. The van der Waals surface area contributed by atoms with Gasteiger partial charge >= 0.3 is 5.97 Å². The van der Waals surface area contributed by atoms with E-state index in [-0.39, 0.29) is 13.2 Å². The number of carbonyl (C=O) groups is 1. The molecule has 0 aliphatic rings. The summed E-state index contributed by atoms with van der Waals surface area (Å²) in [5, 5.41) is 32.0. The first-order valence-corrected chi connectivity index (χ1v) is 4.16. The summed E-state index contributed by atoms with van der Waals surface area (Å²) in [4.78, 5) is 13.2. The van der Waals surface area contributed by atoms with Crippen LogP contribution in [0.15, 0.2) is 24.3 Å². The summed E-state index contributed by atoms with van der Waals surface area (Å²) in [7, 11) is 0. The normalized spacial score (nSPS) is 12.5. The van der Waals surface area contributed by atoms with E-state index in [0.29, 0.717) is 0 Å². The van der Waals surface area contributed by atoms with Crippen LogP contribution >= 0.6 is 0 Å². The smallest absolute Gasteiger partial charge is 0.328 e. The second kappa shape index (κ2) is 12.8. The zero-order chi connectivity index (χ0) is 12.1. The third kappa shape index (κ3) is 19.3. The van der Waals surface area contributed by atoms with Crippen molar-refractivity contribution in [1.82, 2.24) is 0 Å². The maximum atomic E-state index is 9.75. The summed E-state index contributed by atoms with van der Waals surface area (Å²) in [5.74, 6) is -0.914. The van der Waals surface area contributed by atoms with Crippen molar-refractivity contribution in [2.24, 2.45) is 0 Å². The molecule has 6 heteroatoms. The number of hydrogen-bond donors (Lipinski definition) is 4. The lowest BCUT2D eigenvalue weighted by Crippen LogP contribution is -2.17. The molecular weight excluding hydrogens is 204 g/mol. The molecule has 0 fully saturated rings. The van der Waals surface area contributed by atoms with Gasteiger partial charge in [-0.1, -0.05) is 18.2 Å². The van der Waals surface area contributed by atoms with E-state index in [1.54, 1.807) is 12.2 Å². The van der Waals surface area contributed by atoms with Gasteiger partial charge in [0.15, 0.2) is 0 Å². The van der Waals surface area contributed by atoms with Crippen LogP contribution in [0.1, 0.15) is 6.92 Å². The highest BCUT2D eigenvalue weighted by Crippen LogP contribution is 1.77. The molecule has 1 atom stereocenters. The fraction of sp³-hybridized carbons (Fsp3) is 0.444. The van der Waals surface area contributed by atoms with E-state index in [2.05, 4.69) is 4.89 Å². The van der Waals surface area contributed by atoms with Crippen LogP contribution in [0.3, 0.4) is 0 Å². The molecule has 4 N–H and O–H groups in total. The molecule has 0 saturated carbocycles. The molecule has 0 saturated heterocycles. The van der Waals surface area contributed by atoms with Gasteiger partial charge < -0.3 is 15.3 Å². The quantitative estimate of drug-likeness (QED) is 0.225. The number of aliphatic hydroxyl groups is 2. The van der Waals surface area contributed by atoms with Crippen LogP contribution in [0.5, 0.6) is 0 Å². The molecule has 15 heavy (non-hydrogen) atoms. The fourth-order valence-electron chi connectivity index (χ4n) is 0.388. The molecule has 0 bridgehead atoms. The lowest BCUT2D eigenvalue weighted by atomic mass is 10.4. The van der Waals surface area contributed by atoms with E-state index in [4.69, 9.17) is 20.6 Å². The number of allylic oxidation sites excluding steroid dienone is 3. The number of rotatable bonds is 5. The van der Waals surface area contributed by atoms with Gasteiger partial charge in [-0.2, -0.15) is 0 Å². The van der Waals surface area contributed by atoms with Crippen LogP contribution in [0.2, 0.25) is 0 Å². The second-order valence-corrected chi connectivity index (χ2v) is 2.36. The standard InChI is InChI=1S/C6H8O2.C3H8O4/c1-2-3-4-5-6(7)8;4-1-3(5)2-7-6/h2-5H,1H3,(H,7,8);3-6H,1-2H2/b3-2+,5-4+;. The molecule has 0 aromatic heterocycles. The highest BCUT2D eigenvalue weighted by molar-refractivity contribution is 5.80. The Labute approximate surface area is 87.7 Å². The molecule has 0 aliphatic carbocycles. The molecule has 0 heterocycles. The molecule has 0 aromatic carbocycles. The van der Waals surface area contributed by atoms with E-state index >= 15 is 0 Å².